The first-order chi connectivity index (χ1) is 14.5. The molecule has 1 aromatic heterocycles. The van der Waals surface area contributed by atoms with Crippen LogP contribution in [0.4, 0.5) is 0 Å². The van der Waals surface area contributed by atoms with E-state index in [9.17, 15) is 9.59 Å². The van der Waals surface area contributed by atoms with Gasteiger partial charge in [-0.3, -0.25) is 0 Å². The molecule has 172 valence electrons. The minimum absolute atomic E-state index is 0. The Morgan fingerprint density at radius 1 is 1.25 bits per heavy atom. The van der Waals surface area contributed by atoms with Gasteiger partial charge in [-0.25, -0.2) is 9.59 Å². The molecule has 0 atom stereocenters. The van der Waals surface area contributed by atoms with Crippen LogP contribution < -0.4 is 10.9 Å². The third-order valence-electron chi connectivity index (χ3n) is 3.42. The van der Waals surface area contributed by atoms with Gasteiger partial charge >= 0.3 is 44.3 Å². The second-order valence-electron chi connectivity index (χ2n) is 5.42. The van der Waals surface area contributed by atoms with Crippen molar-refractivity contribution < 1.29 is 46.7 Å². The summed E-state index contributed by atoms with van der Waals surface area (Å²) in [6.45, 7) is 18.0. The van der Waals surface area contributed by atoms with Crippen molar-refractivity contribution in [3.63, 3.8) is 0 Å². The van der Waals surface area contributed by atoms with Gasteiger partial charge in [0.15, 0.2) is 0 Å². The maximum atomic E-state index is 12.2. The first-order valence-corrected chi connectivity index (χ1v) is 10.3. The summed E-state index contributed by atoms with van der Waals surface area (Å²) in [6.07, 6.45) is 6.44. The molecule has 32 heavy (non-hydrogen) atoms. The van der Waals surface area contributed by atoms with Crippen molar-refractivity contribution in [2.24, 2.45) is 0 Å². The first kappa shape index (κ1) is 35.1. The van der Waals surface area contributed by atoms with Crippen molar-refractivity contribution in [2.75, 3.05) is 13.1 Å². The molecular weight excluding hydrogens is 499 g/mol. The molecule has 2 rings (SSSR count). The van der Waals surface area contributed by atoms with Gasteiger partial charge in [-0.1, -0.05) is 38.6 Å². The van der Waals surface area contributed by atoms with Crippen molar-refractivity contribution in [1.29, 1.82) is 0 Å². The van der Waals surface area contributed by atoms with Gasteiger partial charge in [0.2, 0.25) is 0 Å². The fraction of sp³-hybridized carbons (Fsp3) is 0.240. The molecule has 0 radical (unpaired) electrons. The van der Waals surface area contributed by atoms with Crippen LogP contribution in [-0.4, -0.2) is 19.1 Å². The maximum absolute atomic E-state index is 12.2. The topological polar surface area (TPSA) is 68.5 Å². The van der Waals surface area contributed by atoms with Crippen LogP contribution in [0.3, 0.4) is 0 Å². The molecule has 0 bridgehead atoms. The molecule has 0 saturated carbocycles. The van der Waals surface area contributed by atoms with Crippen LogP contribution in [0.5, 0.6) is 0 Å². The largest absolute Gasteiger partial charge is 3.00 e. The number of hydrogen-bond donors (Lipinski definition) is 2. The molecule has 0 unspecified atom stereocenters. The smallest absolute Gasteiger partial charge is 0.423 e. The Morgan fingerprint density at radius 3 is 2.34 bits per heavy atom. The Hall–Kier alpha value is -1.47. The number of thiol groups is 1. The van der Waals surface area contributed by atoms with Crippen LogP contribution in [-0.2, 0) is 43.2 Å². The summed E-state index contributed by atoms with van der Waals surface area (Å²) in [5.74, 6) is 0.00550. The number of hydrogen-bond acceptors (Lipinski definition) is 6. The Kier molecular flexibility index (Phi) is 23.5. The second-order valence-corrected chi connectivity index (χ2v) is 5.73. The van der Waals surface area contributed by atoms with Gasteiger partial charge in [-0.2, -0.15) is 12.6 Å². The molecule has 0 aliphatic rings. The number of nitrogens with one attached hydrogen (secondary N) is 1. The van der Waals surface area contributed by atoms with Crippen LogP contribution in [0.2, 0.25) is 0 Å². The summed E-state index contributed by atoms with van der Waals surface area (Å²) in [7, 11) is 0. The van der Waals surface area contributed by atoms with Gasteiger partial charge in [0, 0.05) is 11.1 Å². The fourth-order valence-corrected chi connectivity index (χ4v) is 2.23. The number of carbonyl (C=O) groups is 1. The maximum Gasteiger partial charge on any atom is 3.00 e. The Balaban J connectivity index is -0.000000826. The summed E-state index contributed by atoms with van der Waals surface area (Å²) < 4.78 is 10.3. The molecule has 0 fully saturated rings. The van der Waals surface area contributed by atoms with E-state index in [1.54, 1.807) is 24.3 Å². The molecule has 0 amide bonds. The molecule has 1 N–H and O–H groups in total. The quantitative estimate of drug-likeness (QED) is 0.119. The van der Waals surface area contributed by atoms with Gasteiger partial charge in [-0.05, 0) is 42.8 Å². The van der Waals surface area contributed by atoms with Crippen molar-refractivity contribution >= 4 is 29.6 Å². The molecule has 0 spiro atoms. The summed E-state index contributed by atoms with van der Waals surface area (Å²) in [4.78, 5) is 24.2. The molecule has 1 heterocycles. The van der Waals surface area contributed by atoms with E-state index in [0.717, 1.165) is 18.7 Å². The van der Waals surface area contributed by atoms with Crippen LogP contribution in [0.1, 0.15) is 36.7 Å². The average molecular weight is 534 g/mol. The molecule has 5 nitrogen and oxygen atoms in total. The summed E-state index contributed by atoms with van der Waals surface area (Å²) in [5, 5.41) is 3.53. The van der Waals surface area contributed by atoms with E-state index >= 15 is 0 Å². The molecule has 0 saturated heterocycles. The van der Waals surface area contributed by atoms with Gasteiger partial charge in [0.1, 0.15) is 16.9 Å². The summed E-state index contributed by atoms with van der Waals surface area (Å²) in [5.41, 5.74) is 0.455. The monoisotopic (exact) mass is 533 g/mol. The van der Waals surface area contributed by atoms with E-state index in [-0.39, 0.29) is 51.5 Å². The van der Waals surface area contributed by atoms with E-state index in [1.165, 1.54) is 12.1 Å². The molecule has 2 aromatic rings. The minimum atomic E-state index is -0.785. The third kappa shape index (κ3) is 12.5. The van der Waals surface area contributed by atoms with E-state index in [2.05, 4.69) is 38.4 Å². The number of rotatable bonds is 7. The van der Waals surface area contributed by atoms with Crippen molar-refractivity contribution in [2.45, 2.75) is 26.5 Å². The summed E-state index contributed by atoms with van der Waals surface area (Å²) in [6, 6.07) is 6.77. The predicted molar refractivity (Wildman–Crippen MR) is 135 cm³/mol. The van der Waals surface area contributed by atoms with Crippen LogP contribution in [0.15, 0.2) is 70.1 Å². The number of fused-ring (bicyclic) bond motifs is 1. The van der Waals surface area contributed by atoms with Crippen LogP contribution in [0, 0.1) is 21.3 Å². The van der Waals surface area contributed by atoms with Gasteiger partial charge in [0.05, 0.1) is 0 Å². The van der Waals surface area contributed by atoms with Crippen molar-refractivity contribution in [3.05, 3.63) is 104 Å². The second kappa shape index (κ2) is 21.4. The fourth-order valence-electron chi connectivity index (χ4n) is 2.04. The standard InChI is InChI=1S/C18H16O4S.C4H9N.C2H6.CH3.Y/c1-3-5-6-14(4-2)21-17(19)15-10-13-9-12(11-23)7-8-16(13)22-18(15)20;1-3-5-4-2;1-2;;/h3-10,23H,2,11H2,1H3;5H,1-4H2;1-2H3;1H3;/q;-2;;-1;+3/b5-3-,14-6+;;;;. The molecule has 7 heteroatoms. The number of benzene rings is 1. The molecule has 1 aromatic carbocycles. The number of carbonyl (C=O) groups excluding carboxylic acids is 1. The normalized spacial score (nSPS) is 10.0. The van der Waals surface area contributed by atoms with Gasteiger partial charge in [-0.15, -0.1) is 13.1 Å². The van der Waals surface area contributed by atoms with E-state index < -0.39 is 11.6 Å². The zero-order valence-corrected chi connectivity index (χ0v) is 23.3. The SMILES string of the molecule is C=C/C(=C\C=C/C)OC(=O)c1cc2cc(CS)ccc2oc1=O.CC.[CH2-]CNC[CH2-].[CH3-].[Y+3]. The van der Waals surface area contributed by atoms with Crippen molar-refractivity contribution in [1.82, 2.24) is 5.32 Å². The third-order valence-corrected chi connectivity index (χ3v) is 3.78. The van der Waals surface area contributed by atoms with Gasteiger partial charge < -0.3 is 35.7 Å². The number of esters is 1. The Bertz CT molecular complexity index is 918. The molecule has 0 aliphatic carbocycles. The van der Waals surface area contributed by atoms with Gasteiger partial charge in [0.25, 0.3) is 0 Å². The number of ether oxygens (including phenoxy) is 1. The predicted octanol–water partition coefficient (Wildman–Crippen LogP) is 5.74. The summed E-state index contributed by atoms with van der Waals surface area (Å²) >= 11 is 4.20. The van der Waals surface area contributed by atoms with E-state index in [4.69, 9.17) is 9.15 Å². The Morgan fingerprint density at radius 2 is 1.88 bits per heavy atom. The Labute approximate surface area is 223 Å². The van der Waals surface area contributed by atoms with E-state index in [1.807, 2.05) is 32.9 Å². The molecular formula is C25H34NO4SY. The molecule has 0 aliphatic heterocycles. The van der Waals surface area contributed by atoms with Crippen molar-refractivity contribution in [3.8, 4) is 0 Å². The first-order valence-electron chi connectivity index (χ1n) is 9.65. The zero-order chi connectivity index (χ0) is 22.9. The van der Waals surface area contributed by atoms with E-state index in [0.29, 0.717) is 16.7 Å². The number of allylic oxidation sites excluding steroid dienone is 4. The zero-order valence-electron chi connectivity index (χ0n) is 19.5. The van der Waals surface area contributed by atoms with Crippen LogP contribution in [0.25, 0.3) is 11.0 Å². The average Bonchev–Trinajstić information content (AvgIpc) is 2.78. The minimum Gasteiger partial charge on any atom is -0.423 e. The van der Waals surface area contributed by atoms with Crippen LogP contribution >= 0.6 is 12.6 Å².